The van der Waals surface area contributed by atoms with Gasteiger partial charge in [0.05, 0.1) is 6.61 Å². The smallest absolute Gasteiger partial charge is 0.302 e. The van der Waals surface area contributed by atoms with Crippen molar-refractivity contribution in [3.63, 3.8) is 0 Å². The maximum atomic E-state index is 11.7. The Hall–Kier alpha value is -3.74. The molecule has 0 unspecified atom stereocenters. The topological polar surface area (TPSA) is 62.6 Å². The van der Waals surface area contributed by atoms with E-state index in [0.717, 1.165) is 16.7 Å². The van der Waals surface area contributed by atoms with Crippen molar-refractivity contribution < 1.29 is 14.2 Å². The van der Waals surface area contributed by atoms with E-state index in [1.54, 1.807) is 10.8 Å². The molecular weight excluding hydrogens is 428 g/mol. The number of rotatable bonds is 6. The number of fused-ring (bicyclic) bond motifs is 4. The van der Waals surface area contributed by atoms with Crippen LogP contribution in [0, 0.1) is 0 Å². The maximum Gasteiger partial charge on any atom is 0.302 e. The summed E-state index contributed by atoms with van der Waals surface area (Å²) in [5, 5.41) is 0. The van der Waals surface area contributed by atoms with E-state index in [1.165, 1.54) is 6.07 Å². The van der Waals surface area contributed by atoms with E-state index >= 15 is 0 Å². The molecule has 3 aromatic carbocycles. The van der Waals surface area contributed by atoms with Gasteiger partial charge in [-0.15, -0.1) is 0 Å². The van der Waals surface area contributed by atoms with Gasteiger partial charge >= 0.3 is 6.01 Å². The fourth-order valence-electron chi connectivity index (χ4n) is 4.96. The second kappa shape index (κ2) is 8.56. The van der Waals surface area contributed by atoms with E-state index < -0.39 is 5.60 Å². The first-order valence-corrected chi connectivity index (χ1v) is 11.5. The Morgan fingerprint density at radius 1 is 0.853 bits per heavy atom. The number of ether oxygens (including phenoxy) is 3. The van der Waals surface area contributed by atoms with Crippen LogP contribution in [0.25, 0.3) is 0 Å². The average molecular weight is 453 g/mol. The van der Waals surface area contributed by atoms with Crippen LogP contribution in [0.1, 0.15) is 29.3 Å². The lowest BCUT2D eigenvalue weighted by Gasteiger charge is -2.37. The van der Waals surface area contributed by atoms with Gasteiger partial charge in [0.15, 0.2) is 0 Å². The highest BCUT2D eigenvalue weighted by Crippen LogP contribution is 2.43. The van der Waals surface area contributed by atoms with Crippen molar-refractivity contribution in [3.05, 3.63) is 130 Å². The second-order valence-electron chi connectivity index (χ2n) is 8.57. The molecule has 2 bridgehead atoms. The van der Waals surface area contributed by atoms with Crippen LogP contribution in [-0.2, 0) is 15.1 Å². The minimum absolute atomic E-state index is 0.227. The third-order valence-electron chi connectivity index (χ3n) is 6.56. The first-order chi connectivity index (χ1) is 16.7. The molecule has 0 spiro atoms. The summed E-state index contributed by atoms with van der Waals surface area (Å²) in [5.74, 6) is 0. The molecule has 0 N–H and O–H groups in total. The zero-order chi connectivity index (χ0) is 23.0. The van der Waals surface area contributed by atoms with E-state index in [-0.39, 0.29) is 24.0 Å². The summed E-state index contributed by atoms with van der Waals surface area (Å²) in [7, 11) is 0. The highest BCUT2D eigenvalue weighted by Gasteiger charge is 2.45. The van der Waals surface area contributed by atoms with Crippen molar-refractivity contribution in [2.45, 2.75) is 30.5 Å². The van der Waals surface area contributed by atoms with E-state index in [9.17, 15) is 4.79 Å². The molecule has 34 heavy (non-hydrogen) atoms. The zero-order valence-corrected chi connectivity index (χ0v) is 18.5. The molecule has 2 aliphatic rings. The summed E-state index contributed by atoms with van der Waals surface area (Å²) >= 11 is 0. The van der Waals surface area contributed by atoms with Crippen LogP contribution in [0.3, 0.4) is 0 Å². The van der Waals surface area contributed by atoms with Crippen LogP contribution in [-0.4, -0.2) is 28.4 Å². The van der Waals surface area contributed by atoms with Gasteiger partial charge in [-0.1, -0.05) is 91.0 Å². The van der Waals surface area contributed by atoms with E-state index in [4.69, 9.17) is 14.2 Å². The van der Waals surface area contributed by atoms with Crippen molar-refractivity contribution in [3.8, 4) is 6.01 Å². The molecule has 0 amide bonds. The van der Waals surface area contributed by atoms with Gasteiger partial charge in [-0.05, 0) is 16.7 Å². The van der Waals surface area contributed by atoms with Crippen molar-refractivity contribution >= 4 is 0 Å². The summed E-state index contributed by atoms with van der Waals surface area (Å²) < 4.78 is 21.1. The van der Waals surface area contributed by atoms with Gasteiger partial charge < -0.3 is 14.2 Å². The standard InChI is InChI=1S/C28H24N2O4/c31-25-16-17-30-26-18-23(34-27(30)29-25)24(33-26)19-32-28(20-10-4-1-5-11-20,21-12-6-2-7-13-21)22-14-8-3-9-15-22/h1-17,23-24,26H,18-19H2/t23-,24-,26+/m0/s1. The first kappa shape index (κ1) is 20.8. The Labute approximate surface area is 197 Å². The number of hydrogen-bond donors (Lipinski definition) is 0. The summed E-state index contributed by atoms with van der Waals surface area (Å²) in [5.41, 5.74) is 1.94. The fourth-order valence-corrected chi connectivity index (χ4v) is 4.96. The quantitative estimate of drug-likeness (QED) is 0.408. The monoisotopic (exact) mass is 452 g/mol. The Balaban J connectivity index is 1.38. The van der Waals surface area contributed by atoms with Gasteiger partial charge in [0.25, 0.3) is 5.56 Å². The lowest BCUT2D eigenvalue weighted by atomic mass is 9.80. The SMILES string of the molecule is O=c1ccn2c(n1)O[C@H]1C[C@H]2O[C@H]1COC(c1ccccc1)(c1ccccc1)c1ccccc1. The van der Waals surface area contributed by atoms with E-state index in [0.29, 0.717) is 19.0 Å². The third-order valence-corrected chi connectivity index (χ3v) is 6.56. The molecule has 3 atom stereocenters. The van der Waals surface area contributed by atoms with Crippen LogP contribution in [0.4, 0.5) is 0 Å². The lowest BCUT2D eigenvalue weighted by molar-refractivity contribution is -0.0815. The predicted octanol–water partition coefficient (Wildman–Crippen LogP) is 4.30. The molecule has 170 valence electrons. The Morgan fingerprint density at radius 3 is 1.97 bits per heavy atom. The third kappa shape index (κ3) is 3.52. The number of aromatic nitrogens is 2. The number of benzene rings is 3. The molecule has 2 aliphatic heterocycles. The summed E-state index contributed by atoms with van der Waals surface area (Å²) in [4.78, 5) is 15.7. The number of hydrogen-bond acceptors (Lipinski definition) is 5. The molecule has 1 aromatic heterocycles. The molecule has 4 aromatic rings. The van der Waals surface area contributed by atoms with Gasteiger partial charge in [0.2, 0.25) is 0 Å². The van der Waals surface area contributed by atoms with Gasteiger partial charge in [0, 0.05) is 18.7 Å². The predicted molar refractivity (Wildman–Crippen MR) is 127 cm³/mol. The van der Waals surface area contributed by atoms with Gasteiger partial charge in [-0.25, -0.2) is 0 Å². The van der Waals surface area contributed by atoms with Gasteiger partial charge in [-0.3, -0.25) is 9.36 Å². The molecule has 3 heterocycles. The van der Waals surface area contributed by atoms with Crippen LogP contribution in [0.5, 0.6) is 6.01 Å². The van der Waals surface area contributed by atoms with Crippen molar-refractivity contribution in [2.24, 2.45) is 0 Å². The van der Waals surface area contributed by atoms with Crippen LogP contribution in [0.2, 0.25) is 0 Å². The maximum absolute atomic E-state index is 11.7. The molecule has 0 aliphatic carbocycles. The second-order valence-corrected chi connectivity index (χ2v) is 8.57. The van der Waals surface area contributed by atoms with Crippen molar-refractivity contribution in [2.75, 3.05) is 6.61 Å². The molecule has 1 fully saturated rings. The molecule has 1 saturated heterocycles. The highest BCUT2D eigenvalue weighted by molar-refractivity contribution is 5.47. The average Bonchev–Trinajstić information content (AvgIpc) is 3.22. The summed E-state index contributed by atoms with van der Waals surface area (Å²) in [6.45, 7) is 0.304. The minimum atomic E-state index is -0.829. The lowest BCUT2D eigenvalue weighted by Crippen LogP contribution is -2.39. The largest absolute Gasteiger partial charge is 0.458 e. The van der Waals surface area contributed by atoms with E-state index in [2.05, 4.69) is 41.4 Å². The van der Waals surface area contributed by atoms with Crippen molar-refractivity contribution in [1.82, 2.24) is 9.55 Å². The molecule has 6 rings (SSSR count). The highest BCUT2D eigenvalue weighted by atomic mass is 16.6. The minimum Gasteiger partial charge on any atom is -0.458 e. The summed E-state index contributed by atoms with van der Waals surface area (Å²) in [6.07, 6.45) is 1.59. The Bertz CT molecular complexity index is 1230. The van der Waals surface area contributed by atoms with Crippen molar-refractivity contribution in [1.29, 1.82) is 0 Å². The normalized spacial score (nSPS) is 21.0. The fraction of sp³-hybridized carbons (Fsp3) is 0.214. The van der Waals surface area contributed by atoms with Crippen LogP contribution >= 0.6 is 0 Å². The van der Waals surface area contributed by atoms with Gasteiger partial charge in [-0.2, -0.15) is 4.98 Å². The number of nitrogens with zero attached hydrogens (tertiary/aromatic N) is 2. The van der Waals surface area contributed by atoms with Crippen LogP contribution in [0.15, 0.2) is 108 Å². The molecule has 0 saturated carbocycles. The molecule has 0 radical (unpaired) electrons. The zero-order valence-electron chi connectivity index (χ0n) is 18.5. The molecule has 6 heteroatoms. The summed E-state index contributed by atoms with van der Waals surface area (Å²) in [6, 6.07) is 32.5. The first-order valence-electron chi connectivity index (χ1n) is 11.5. The molecule has 6 nitrogen and oxygen atoms in total. The van der Waals surface area contributed by atoms with E-state index in [1.807, 2.05) is 54.6 Å². The Kier molecular flexibility index (Phi) is 5.24. The molecular formula is C28H24N2O4. The van der Waals surface area contributed by atoms with Crippen LogP contribution < -0.4 is 10.3 Å². The van der Waals surface area contributed by atoms with Gasteiger partial charge in [0.1, 0.15) is 24.0 Å². The Morgan fingerprint density at radius 2 is 1.41 bits per heavy atom.